The molecule has 1 fully saturated rings. The third-order valence-electron chi connectivity index (χ3n) is 7.88. The van der Waals surface area contributed by atoms with E-state index in [-0.39, 0.29) is 5.90 Å². The normalized spacial score (nSPS) is 18.3. The first-order valence-corrected chi connectivity index (χ1v) is 16.2. The first kappa shape index (κ1) is 39.5. The third-order valence-corrected chi connectivity index (χ3v) is 7.88. The van der Waals surface area contributed by atoms with Gasteiger partial charge in [-0.25, -0.2) is 4.79 Å². The quantitative estimate of drug-likeness (QED) is 0.164. The SMILES string of the molecule is CC(=O)OC[C@@H](OC(C)=O)[C@@H](OC(C)=O)[C@H](OC(C)=O)[C@H](OC(C)=O)C1OC(CN2C(=O)NC(=O)C2(c2ccccc2)c2ccccc2)=NN1C(C)=O. The molecule has 18 nitrogen and oxygen atoms in total. The van der Waals surface area contributed by atoms with Gasteiger partial charge in [0, 0.05) is 41.5 Å². The summed E-state index contributed by atoms with van der Waals surface area (Å²) in [5, 5.41) is 7.34. The number of amides is 4. The summed E-state index contributed by atoms with van der Waals surface area (Å²) in [5.41, 5.74) is -0.919. The number of hydrogen-bond donors (Lipinski definition) is 1. The fraction of sp³-hybridized carbons (Fsp3) is 0.400. The van der Waals surface area contributed by atoms with E-state index in [0.29, 0.717) is 11.1 Å². The number of esters is 5. The maximum absolute atomic E-state index is 13.8. The molecule has 2 aromatic rings. The molecule has 2 aliphatic rings. The van der Waals surface area contributed by atoms with Crippen molar-refractivity contribution in [3.8, 4) is 0 Å². The first-order chi connectivity index (χ1) is 25.1. The van der Waals surface area contributed by atoms with Crippen LogP contribution >= 0.6 is 0 Å². The molecule has 4 rings (SSSR count). The Labute approximate surface area is 303 Å². The van der Waals surface area contributed by atoms with Gasteiger partial charge in [0.15, 0.2) is 30.0 Å². The number of carbonyl (C=O) groups excluding carboxylic acids is 8. The molecule has 282 valence electrons. The van der Waals surface area contributed by atoms with Crippen molar-refractivity contribution in [2.75, 3.05) is 13.2 Å². The fourth-order valence-corrected chi connectivity index (χ4v) is 6.02. The summed E-state index contributed by atoms with van der Waals surface area (Å²) in [5.74, 6) is -6.50. The van der Waals surface area contributed by atoms with Gasteiger partial charge >= 0.3 is 35.9 Å². The predicted molar refractivity (Wildman–Crippen MR) is 178 cm³/mol. The number of ether oxygens (including phenoxy) is 6. The highest BCUT2D eigenvalue weighted by Crippen LogP contribution is 2.40. The van der Waals surface area contributed by atoms with Crippen LogP contribution in [0, 0.1) is 0 Å². The monoisotopic (exact) mass is 738 g/mol. The average molecular weight is 739 g/mol. The molecule has 0 bridgehead atoms. The number of nitrogens with zero attached hydrogens (tertiary/aromatic N) is 3. The molecule has 0 saturated carbocycles. The predicted octanol–water partition coefficient (Wildman–Crippen LogP) is 1.29. The third kappa shape index (κ3) is 8.95. The molecular weight excluding hydrogens is 700 g/mol. The summed E-state index contributed by atoms with van der Waals surface area (Å²) in [6.45, 7) is 4.87. The minimum absolute atomic E-state index is 0.328. The maximum Gasteiger partial charge on any atom is 0.326 e. The minimum Gasteiger partial charge on any atom is -0.462 e. The van der Waals surface area contributed by atoms with Crippen molar-refractivity contribution >= 4 is 53.6 Å². The van der Waals surface area contributed by atoms with E-state index in [4.69, 9.17) is 28.4 Å². The van der Waals surface area contributed by atoms with Gasteiger partial charge in [0.05, 0.1) is 0 Å². The molecule has 2 aromatic carbocycles. The molecule has 0 spiro atoms. The van der Waals surface area contributed by atoms with Crippen LogP contribution in [0.1, 0.15) is 52.7 Å². The van der Waals surface area contributed by atoms with Crippen LogP contribution < -0.4 is 5.32 Å². The van der Waals surface area contributed by atoms with E-state index in [2.05, 4.69) is 10.4 Å². The van der Waals surface area contributed by atoms with Crippen molar-refractivity contribution < 1.29 is 66.8 Å². The van der Waals surface area contributed by atoms with E-state index in [0.717, 1.165) is 51.5 Å². The lowest BCUT2D eigenvalue weighted by atomic mass is 9.81. The van der Waals surface area contributed by atoms with E-state index < -0.39 is 97.0 Å². The summed E-state index contributed by atoms with van der Waals surface area (Å²) < 4.78 is 33.0. The molecule has 5 atom stereocenters. The van der Waals surface area contributed by atoms with Crippen molar-refractivity contribution in [2.45, 2.75) is 77.7 Å². The van der Waals surface area contributed by atoms with Crippen LogP contribution in [0.2, 0.25) is 0 Å². The van der Waals surface area contributed by atoms with Gasteiger partial charge in [-0.15, -0.1) is 5.10 Å². The molecule has 1 unspecified atom stereocenters. The zero-order valence-corrected chi connectivity index (χ0v) is 29.6. The van der Waals surface area contributed by atoms with Gasteiger partial charge < -0.3 is 28.4 Å². The number of carbonyl (C=O) groups is 8. The van der Waals surface area contributed by atoms with Crippen molar-refractivity contribution in [2.24, 2.45) is 5.10 Å². The Kier molecular flexibility index (Phi) is 12.5. The van der Waals surface area contributed by atoms with Gasteiger partial charge in [0.25, 0.3) is 5.91 Å². The number of imide groups is 1. The van der Waals surface area contributed by atoms with Gasteiger partial charge in [0.2, 0.25) is 18.0 Å². The van der Waals surface area contributed by atoms with Gasteiger partial charge in [0.1, 0.15) is 13.2 Å². The highest BCUT2D eigenvalue weighted by Gasteiger charge is 2.57. The lowest BCUT2D eigenvalue weighted by Crippen LogP contribution is -2.59. The second-order valence-corrected chi connectivity index (χ2v) is 11.8. The second-order valence-electron chi connectivity index (χ2n) is 11.8. The number of hydrazone groups is 1. The molecule has 0 aliphatic carbocycles. The number of urea groups is 1. The molecule has 2 heterocycles. The van der Waals surface area contributed by atoms with Crippen LogP contribution in [0.3, 0.4) is 0 Å². The molecule has 0 aromatic heterocycles. The Balaban J connectivity index is 1.82. The molecule has 0 radical (unpaired) electrons. The van der Waals surface area contributed by atoms with Gasteiger partial charge in [-0.2, -0.15) is 5.01 Å². The Hall–Kier alpha value is -6.33. The van der Waals surface area contributed by atoms with Crippen LogP contribution in [-0.4, -0.2) is 107 Å². The standard InChI is InChI=1S/C35H38N4O14/c1-19(40)39-32(31(52-24(6)45)30(51-23(5)44)29(50-22(4)43)27(49-21(3)42)18-48-20(2)41)53-28(37-39)17-38-34(47)36-33(46)35(38,25-13-9-7-10-14-25)26-15-11-8-12-16-26/h7-16,27,29-32H,17-18H2,1-6H3,(H,36,46,47)/t27-,29-,30+,31+,32?/m1/s1. The lowest BCUT2D eigenvalue weighted by Gasteiger charge is -2.38. The van der Waals surface area contributed by atoms with E-state index >= 15 is 0 Å². The van der Waals surface area contributed by atoms with Crippen LogP contribution in [0.25, 0.3) is 0 Å². The van der Waals surface area contributed by atoms with Crippen LogP contribution in [0.4, 0.5) is 4.79 Å². The van der Waals surface area contributed by atoms with E-state index in [1.807, 2.05) is 0 Å². The van der Waals surface area contributed by atoms with Gasteiger partial charge in [-0.05, 0) is 11.1 Å². The molecule has 1 saturated heterocycles. The lowest BCUT2D eigenvalue weighted by molar-refractivity contribution is -0.216. The molecule has 1 N–H and O–H groups in total. The summed E-state index contributed by atoms with van der Waals surface area (Å²) >= 11 is 0. The average Bonchev–Trinajstić information content (AvgIpc) is 3.62. The van der Waals surface area contributed by atoms with Crippen LogP contribution in [0.15, 0.2) is 65.8 Å². The number of benzene rings is 2. The largest absolute Gasteiger partial charge is 0.462 e. The Bertz CT molecular complexity index is 1740. The smallest absolute Gasteiger partial charge is 0.326 e. The Morgan fingerprint density at radius 3 is 1.72 bits per heavy atom. The van der Waals surface area contributed by atoms with E-state index in [1.54, 1.807) is 60.7 Å². The van der Waals surface area contributed by atoms with Crippen LogP contribution in [-0.2, 0) is 67.5 Å². The minimum atomic E-state index is -1.91. The second kappa shape index (κ2) is 16.8. The van der Waals surface area contributed by atoms with Crippen LogP contribution in [0.5, 0.6) is 0 Å². The molecular formula is C35H38N4O14. The summed E-state index contributed by atoms with van der Waals surface area (Å²) in [6, 6.07) is 16.0. The highest BCUT2D eigenvalue weighted by atomic mass is 16.7. The number of nitrogens with one attached hydrogen (secondary N) is 1. The zero-order chi connectivity index (χ0) is 39.0. The number of rotatable bonds is 14. The number of hydrogen-bond acceptors (Lipinski definition) is 15. The van der Waals surface area contributed by atoms with E-state index in [9.17, 15) is 38.4 Å². The molecule has 2 aliphatic heterocycles. The van der Waals surface area contributed by atoms with Gasteiger partial charge in [-0.3, -0.25) is 43.8 Å². The fourth-order valence-electron chi connectivity index (χ4n) is 6.02. The Morgan fingerprint density at radius 2 is 1.25 bits per heavy atom. The highest BCUT2D eigenvalue weighted by molar-refractivity contribution is 6.10. The van der Waals surface area contributed by atoms with Crippen molar-refractivity contribution in [3.05, 3.63) is 71.8 Å². The molecule has 53 heavy (non-hydrogen) atoms. The van der Waals surface area contributed by atoms with Crippen molar-refractivity contribution in [1.29, 1.82) is 0 Å². The van der Waals surface area contributed by atoms with Gasteiger partial charge in [-0.1, -0.05) is 60.7 Å². The van der Waals surface area contributed by atoms with Crippen molar-refractivity contribution in [3.63, 3.8) is 0 Å². The maximum atomic E-state index is 13.8. The first-order valence-electron chi connectivity index (χ1n) is 16.2. The summed E-state index contributed by atoms with van der Waals surface area (Å²) in [4.78, 5) is 103. The molecule has 18 heteroatoms. The zero-order valence-electron chi connectivity index (χ0n) is 29.6. The van der Waals surface area contributed by atoms with E-state index in [1.165, 1.54) is 0 Å². The molecule has 4 amide bonds. The Morgan fingerprint density at radius 1 is 0.736 bits per heavy atom. The van der Waals surface area contributed by atoms with Crippen molar-refractivity contribution in [1.82, 2.24) is 15.2 Å². The summed E-state index contributed by atoms with van der Waals surface area (Å²) in [6.07, 6.45) is -9.05. The topological polar surface area (TPSA) is 223 Å². The summed E-state index contributed by atoms with van der Waals surface area (Å²) in [7, 11) is 0.